The van der Waals surface area contributed by atoms with Gasteiger partial charge in [-0.1, -0.05) is 78.9 Å². The molecule has 0 fully saturated rings. The molecular formula is C32H24N6O6S2. The van der Waals surface area contributed by atoms with E-state index in [4.69, 9.17) is 11.5 Å². The van der Waals surface area contributed by atoms with Gasteiger partial charge in [-0.15, -0.1) is 15.3 Å². The molecule has 14 heteroatoms. The first-order valence-electron chi connectivity index (χ1n) is 13.5. The minimum atomic E-state index is -4.57. The van der Waals surface area contributed by atoms with E-state index in [1.54, 1.807) is 84.9 Å². The predicted octanol–water partition coefficient (Wildman–Crippen LogP) is 8.15. The molecule has 0 unspecified atom stereocenters. The summed E-state index contributed by atoms with van der Waals surface area (Å²) in [5.74, 6) is 0. The number of benzene rings is 6. The lowest BCUT2D eigenvalue weighted by molar-refractivity contribution is 0.482. The predicted molar refractivity (Wildman–Crippen MR) is 177 cm³/mol. The fraction of sp³-hybridized carbons (Fsp3) is 0. The summed E-state index contributed by atoms with van der Waals surface area (Å²) >= 11 is 0. The number of fused-ring (bicyclic) bond motifs is 2. The Kier molecular flexibility index (Phi) is 7.79. The van der Waals surface area contributed by atoms with E-state index >= 15 is 0 Å². The SMILES string of the molecule is Nc1c(N=Nc2ccc(-c3ccccc3N=Nc3cc(S(=O)(=O)O)c4ccccc4c3N)cc2)cc(S(=O)(=O)O)c2ccccc12. The topological polar surface area (TPSA) is 210 Å². The highest BCUT2D eigenvalue weighted by Crippen LogP contribution is 2.39. The van der Waals surface area contributed by atoms with Crippen LogP contribution in [0.25, 0.3) is 32.7 Å². The van der Waals surface area contributed by atoms with E-state index in [2.05, 4.69) is 20.5 Å². The molecule has 230 valence electrons. The number of anilines is 2. The fourth-order valence-electron chi connectivity index (χ4n) is 5.03. The van der Waals surface area contributed by atoms with Crippen molar-refractivity contribution in [1.82, 2.24) is 0 Å². The lowest BCUT2D eigenvalue weighted by atomic mass is 10.0. The highest BCUT2D eigenvalue weighted by Gasteiger charge is 2.20. The molecule has 0 aromatic heterocycles. The Labute approximate surface area is 263 Å². The molecule has 6 N–H and O–H groups in total. The Morgan fingerprint density at radius 2 is 0.891 bits per heavy atom. The summed E-state index contributed by atoms with van der Waals surface area (Å²) in [6.07, 6.45) is 0. The van der Waals surface area contributed by atoms with Gasteiger partial charge in [0.2, 0.25) is 0 Å². The number of nitrogens with zero attached hydrogens (tertiary/aromatic N) is 4. The van der Waals surface area contributed by atoms with Gasteiger partial charge in [0.25, 0.3) is 20.2 Å². The molecule has 0 saturated heterocycles. The number of hydrogen-bond donors (Lipinski definition) is 4. The summed E-state index contributed by atoms with van der Waals surface area (Å²) < 4.78 is 67.8. The molecule has 0 heterocycles. The highest BCUT2D eigenvalue weighted by atomic mass is 32.2. The molecule has 6 aromatic rings. The normalized spacial score (nSPS) is 12.5. The Morgan fingerprint density at radius 1 is 0.478 bits per heavy atom. The fourth-order valence-corrected chi connectivity index (χ4v) is 6.46. The van der Waals surface area contributed by atoms with Crippen LogP contribution in [-0.4, -0.2) is 25.9 Å². The van der Waals surface area contributed by atoms with E-state index in [0.717, 1.165) is 5.56 Å². The van der Waals surface area contributed by atoms with E-state index in [1.165, 1.54) is 12.1 Å². The smallest absolute Gasteiger partial charge is 0.295 e. The van der Waals surface area contributed by atoms with Gasteiger partial charge in [-0.05, 0) is 35.9 Å². The monoisotopic (exact) mass is 652 g/mol. The molecule has 0 amide bonds. The third-order valence-corrected chi connectivity index (χ3v) is 9.02. The third kappa shape index (κ3) is 5.92. The van der Waals surface area contributed by atoms with Gasteiger partial charge >= 0.3 is 0 Å². The number of rotatable bonds is 7. The van der Waals surface area contributed by atoms with Crippen molar-refractivity contribution in [3.63, 3.8) is 0 Å². The number of azo groups is 2. The lowest BCUT2D eigenvalue weighted by Gasteiger charge is -2.10. The average Bonchev–Trinajstić information content (AvgIpc) is 3.03. The minimum absolute atomic E-state index is 0.0713. The van der Waals surface area contributed by atoms with Crippen LogP contribution in [0, 0.1) is 0 Å². The van der Waals surface area contributed by atoms with Crippen molar-refractivity contribution < 1.29 is 25.9 Å². The van der Waals surface area contributed by atoms with E-state index in [0.29, 0.717) is 27.7 Å². The summed E-state index contributed by atoms with van der Waals surface area (Å²) in [5, 5.41) is 18.3. The first kappa shape index (κ1) is 30.5. The van der Waals surface area contributed by atoms with Crippen LogP contribution in [0.1, 0.15) is 0 Å². The van der Waals surface area contributed by atoms with Crippen LogP contribution >= 0.6 is 0 Å². The maximum absolute atomic E-state index is 12.1. The van der Waals surface area contributed by atoms with Crippen LogP contribution in [0.15, 0.2) is 139 Å². The van der Waals surface area contributed by atoms with E-state index in [9.17, 15) is 25.9 Å². The number of hydrogen-bond acceptors (Lipinski definition) is 10. The molecule has 46 heavy (non-hydrogen) atoms. The Hall–Kier alpha value is -5.54. The van der Waals surface area contributed by atoms with Gasteiger partial charge in [0.15, 0.2) is 0 Å². The van der Waals surface area contributed by atoms with Gasteiger partial charge < -0.3 is 11.5 Å². The molecule has 0 aliphatic rings. The summed E-state index contributed by atoms with van der Waals surface area (Å²) in [4.78, 5) is -0.657. The van der Waals surface area contributed by atoms with Gasteiger partial charge in [-0.25, -0.2) is 0 Å². The van der Waals surface area contributed by atoms with Crippen LogP contribution in [0.4, 0.5) is 34.1 Å². The molecule has 0 aliphatic carbocycles. The van der Waals surface area contributed by atoms with Gasteiger partial charge in [-0.3, -0.25) is 9.11 Å². The second-order valence-electron chi connectivity index (χ2n) is 10.1. The second kappa shape index (κ2) is 11.8. The van der Waals surface area contributed by atoms with Crippen LogP contribution in [0.5, 0.6) is 0 Å². The molecule has 0 atom stereocenters. The Balaban J connectivity index is 1.32. The van der Waals surface area contributed by atoms with Gasteiger partial charge in [0.1, 0.15) is 21.2 Å². The molecule has 12 nitrogen and oxygen atoms in total. The summed E-state index contributed by atoms with van der Waals surface area (Å²) in [7, 11) is -9.12. The number of nitrogens with two attached hydrogens (primary N) is 2. The molecule has 0 aliphatic heterocycles. The van der Waals surface area contributed by atoms with Crippen molar-refractivity contribution >= 4 is 75.9 Å². The quantitative estimate of drug-likeness (QED) is 0.0749. The zero-order valence-electron chi connectivity index (χ0n) is 23.7. The first-order valence-corrected chi connectivity index (χ1v) is 16.4. The van der Waals surface area contributed by atoms with Gasteiger partial charge in [-0.2, -0.15) is 21.9 Å². The lowest BCUT2D eigenvalue weighted by Crippen LogP contribution is -2.01. The van der Waals surface area contributed by atoms with Gasteiger partial charge in [0, 0.05) is 27.1 Å². The van der Waals surface area contributed by atoms with Crippen molar-refractivity contribution in [3.8, 4) is 11.1 Å². The zero-order valence-corrected chi connectivity index (χ0v) is 25.3. The van der Waals surface area contributed by atoms with Gasteiger partial charge in [0.05, 0.1) is 22.7 Å². The first-order chi connectivity index (χ1) is 21.9. The molecular weight excluding hydrogens is 629 g/mol. The van der Waals surface area contributed by atoms with Crippen molar-refractivity contribution in [3.05, 3.63) is 109 Å². The maximum Gasteiger partial charge on any atom is 0.295 e. The molecule has 0 radical (unpaired) electrons. The summed E-state index contributed by atoms with van der Waals surface area (Å²) in [5.41, 5.74) is 15.4. The van der Waals surface area contributed by atoms with E-state index in [1.807, 2.05) is 12.1 Å². The molecule has 0 saturated carbocycles. The van der Waals surface area contributed by atoms with E-state index < -0.39 is 20.2 Å². The van der Waals surface area contributed by atoms with E-state index in [-0.39, 0.29) is 43.3 Å². The number of nitrogen functional groups attached to an aromatic ring is 2. The molecule has 0 bridgehead atoms. The molecule has 6 aromatic carbocycles. The second-order valence-corrected chi connectivity index (χ2v) is 12.9. The van der Waals surface area contributed by atoms with Crippen LogP contribution in [-0.2, 0) is 20.2 Å². The van der Waals surface area contributed by atoms with Crippen molar-refractivity contribution in [1.29, 1.82) is 0 Å². The van der Waals surface area contributed by atoms with Crippen molar-refractivity contribution in [2.45, 2.75) is 9.79 Å². The average molecular weight is 653 g/mol. The third-order valence-electron chi connectivity index (χ3n) is 7.23. The Morgan fingerprint density at radius 3 is 1.39 bits per heavy atom. The minimum Gasteiger partial charge on any atom is -0.396 e. The van der Waals surface area contributed by atoms with Crippen LogP contribution in [0.3, 0.4) is 0 Å². The standard InChI is InChI=1S/C32H24N6O6S2/c33-31-24-10-3-1-8-22(24)29(45(39,40)41)17-27(31)37-35-20-15-13-19(14-16-20)21-7-5-6-12-26(21)36-38-28-18-30(46(42,43)44)23-9-2-4-11-25(23)32(28)34/h1-18H,33-34H2,(H,39,40,41)(H,42,43,44). The maximum atomic E-state index is 12.1. The zero-order chi connectivity index (χ0) is 32.6. The van der Waals surface area contributed by atoms with Crippen LogP contribution in [0.2, 0.25) is 0 Å². The Bertz CT molecular complexity index is 2450. The largest absolute Gasteiger partial charge is 0.396 e. The molecule has 6 rings (SSSR count). The summed E-state index contributed by atoms with van der Waals surface area (Å²) in [6, 6.07) is 29.4. The highest BCUT2D eigenvalue weighted by molar-refractivity contribution is 7.86. The molecule has 0 spiro atoms. The summed E-state index contributed by atoms with van der Waals surface area (Å²) in [6.45, 7) is 0. The van der Waals surface area contributed by atoms with Crippen molar-refractivity contribution in [2.24, 2.45) is 20.5 Å². The van der Waals surface area contributed by atoms with Crippen LogP contribution < -0.4 is 11.5 Å². The van der Waals surface area contributed by atoms with Crippen molar-refractivity contribution in [2.75, 3.05) is 11.5 Å².